The maximum atomic E-state index is 10.6. The predicted molar refractivity (Wildman–Crippen MR) is 58.7 cm³/mol. The lowest BCUT2D eigenvalue weighted by Gasteiger charge is -2.32. The summed E-state index contributed by atoms with van der Waals surface area (Å²) in [5.74, 6) is -0.135. The van der Waals surface area contributed by atoms with E-state index in [-0.39, 0.29) is 5.92 Å². The van der Waals surface area contributed by atoms with Gasteiger partial charge < -0.3 is 5.11 Å². The minimum atomic E-state index is -0.629. The second-order valence-corrected chi connectivity index (χ2v) is 4.56. The molecule has 0 radical (unpaired) electrons. The maximum absolute atomic E-state index is 10.6. The molecular weight excluding hydrogens is 188 g/mol. The summed E-state index contributed by atoms with van der Waals surface area (Å²) in [5.41, 5.74) is 2.60. The number of aliphatic carboxylic acids is 1. The highest BCUT2D eigenvalue weighted by Crippen LogP contribution is 2.36. The molecule has 15 heavy (non-hydrogen) atoms. The van der Waals surface area contributed by atoms with Crippen molar-refractivity contribution in [3.8, 4) is 0 Å². The van der Waals surface area contributed by atoms with Gasteiger partial charge in [-0.1, -0.05) is 29.8 Å². The van der Waals surface area contributed by atoms with Crippen LogP contribution in [0, 0.1) is 18.8 Å². The molecule has 0 atom stereocenters. The summed E-state index contributed by atoms with van der Waals surface area (Å²) < 4.78 is 0. The SMILES string of the molecule is Cc1ccc(CC2CC(C(=O)O)C2)cc1. The molecule has 0 aromatic heterocycles. The van der Waals surface area contributed by atoms with E-state index in [0.717, 1.165) is 19.3 Å². The van der Waals surface area contributed by atoms with Gasteiger partial charge in [-0.25, -0.2) is 0 Å². The van der Waals surface area contributed by atoms with Gasteiger partial charge in [0.2, 0.25) is 0 Å². The Morgan fingerprint density at radius 2 is 1.93 bits per heavy atom. The topological polar surface area (TPSA) is 37.3 Å². The molecule has 1 saturated carbocycles. The van der Waals surface area contributed by atoms with Gasteiger partial charge in [-0.2, -0.15) is 0 Å². The van der Waals surface area contributed by atoms with E-state index in [9.17, 15) is 4.79 Å². The van der Waals surface area contributed by atoms with Crippen LogP contribution in [0.1, 0.15) is 24.0 Å². The highest BCUT2D eigenvalue weighted by atomic mass is 16.4. The minimum absolute atomic E-state index is 0.0829. The van der Waals surface area contributed by atoms with Gasteiger partial charge in [0, 0.05) is 0 Å². The lowest BCUT2D eigenvalue weighted by atomic mass is 9.72. The fourth-order valence-corrected chi connectivity index (χ4v) is 2.16. The molecule has 2 rings (SSSR count). The van der Waals surface area contributed by atoms with E-state index in [1.165, 1.54) is 11.1 Å². The molecule has 0 spiro atoms. The summed E-state index contributed by atoms with van der Waals surface area (Å²) in [6.07, 6.45) is 2.73. The van der Waals surface area contributed by atoms with E-state index in [1.54, 1.807) is 0 Å². The molecule has 1 aliphatic rings. The maximum Gasteiger partial charge on any atom is 0.306 e. The number of hydrogen-bond acceptors (Lipinski definition) is 1. The van der Waals surface area contributed by atoms with E-state index >= 15 is 0 Å². The molecule has 2 nitrogen and oxygen atoms in total. The third kappa shape index (κ3) is 2.38. The smallest absolute Gasteiger partial charge is 0.306 e. The van der Waals surface area contributed by atoms with Gasteiger partial charge >= 0.3 is 5.97 Å². The normalized spacial score (nSPS) is 24.6. The highest BCUT2D eigenvalue weighted by Gasteiger charge is 2.33. The standard InChI is InChI=1S/C13H16O2/c1-9-2-4-10(5-3-9)6-11-7-12(8-11)13(14)15/h2-5,11-12H,6-8H2,1H3,(H,14,15). The number of carbonyl (C=O) groups is 1. The largest absolute Gasteiger partial charge is 0.481 e. The first-order valence-corrected chi connectivity index (χ1v) is 5.43. The fraction of sp³-hybridized carbons (Fsp3) is 0.462. The van der Waals surface area contributed by atoms with Crippen molar-refractivity contribution in [3.05, 3.63) is 35.4 Å². The van der Waals surface area contributed by atoms with Crippen molar-refractivity contribution in [2.24, 2.45) is 11.8 Å². The summed E-state index contributed by atoms with van der Waals surface area (Å²) in [7, 11) is 0. The van der Waals surface area contributed by atoms with Crippen LogP contribution in [0.4, 0.5) is 0 Å². The van der Waals surface area contributed by atoms with Gasteiger partial charge in [0.15, 0.2) is 0 Å². The van der Waals surface area contributed by atoms with Gasteiger partial charge in [0.1, 0.15) is 0 Å². The van der Waals surface area contributed by atoms with Gasteiger partial charge in [0.05, 0.1) is 5.92 Å². The summed E-state index contributed by atoms with van der Waals surface area (Å²) in [6, 6.07) is 8.51. The lowest BCUT2D eigenvalue weighted by molar-refractivity contribution is -0.146. The van der Waals surface area contributed by atoms with Crippen LogP contribution in [0.3, 0.4) is 0 Å². The zero-order valence-corrected chi connectivity index (χ0v) is 8.94. The molecule has 1 fully saturated rings. The monoisotopic (exact) mass is 204 g/mol. The number of carboxylic acids is 1. The molecule has 0 bridgehead atoms. The number of hydrogen-bond donors (Lipinski definition) is 1. The Morgan fingerprint density at radius 1 is 1.33 bits per heavy atom. The second-order valence-electron chi connectivity index (χ2n) is 4.56. The third-order valence-electron chi connectivity index (χ3n) is 3.23. The van der Waals surface area contributed by atoms with Crippen LogP contribution in [0.2, 0.25) is 0 Å². The van der Waals surface area contributed by atoms with E-state index in [2.05, 4.69) is 31.2 Å². The third-order valence-corrected chi connectivity index (χ3v) is 3.23. The summed E-state index contributed by atoms with van der Waals surface area (Å²) in [6.45, 7) is 2.08. The molecule has 0 saturated heterocycles. The molecule has 0 aliphatic heterocycles. The summed E-state index contributed by atoms with van der Waals surface area (Å²) in [4.78, 5) is 10.6. The molecule has 2 heteroatoms. The lowest BCUT2D eigenvalue weighted by Crippen LogP contribution is -2.31. The first kappa shape index (κ1) is 10.2. The van der Waals surface area contributed by atoms with Crippen LogP contribution >= 0.6 is 0 Å². The van der Waals surface area contributed by atoms with Crippen LogP contribution in [-0.2, 0) is 11.2 Å². The Balaban J connectivity index is 1.85. The quantitative estimate of drug-likeness (QED) is 0.821. The van der Waals surface area contributed by atoms with Crippen LogP contribution in [-0.4, -0.2) is 11.1 Å². The molecule has 0 amide bonds. The number of aryl methyl sites for hydroxylation is 1. The molecule has 0 unspecified atom stereocenters. The van der Waals surface area contributed by atoms with Gasteiger partial charge in [0.25, 0.3) is 0 Å². The molecule has 80 valence electrons. The molecule has 1 aromatic rings. The Labute approximate surface area is 89.9 Å². The summed E-state index contributed by atoms with van der Waals surface area (Å²) >= 11 is 0. The van der Waals surface area contributed by atoms with Crippen LogP contribution < -0.4 is 0 Å². The average molecular weight is 204 g/mol. The van der Waals surface area contributed by atoms with Gasteiger partial charge in [-0.15, -0.1) is 0 Å². The van der Waals surface area contributed by atoms with Crippen molar-refractivity contribution in [2.75, 3.05) is 0 Å². The average Bonchev–Trinajstić information content (AvgIpc) is 2.13. The number of carboxylic acid groups (broad SMARTS) is 1. The van der Waals surface area contributed by atoms with Crippen LogP contribution in [0.5, 0.6) is 0 Å². The summed E-state index contributed by atoms with van der Waals surface area (Å²) in [5, 5.41) is 8.75. The van der Waals surface area contributed by atoms with Gasteiger partial charge in [-0.3, -0.25) is 4.79 Å². The van der Waals surface area contributed by atoms with Crippen molar-refractivity contribution in [2.45, 2.75) is 26.2 Å². The van der Waals surface area contributed by atoms with Crippen LogP contribution in [0.15, 0.2) is 24.3 Å². The predicted octanol–water partition coefficient (Wildman–Crippen LogP) is 2.65. The van der Waals surface area contributed by atoms with Crippen molar-refractivity contribution in [1.82, 2.24) is 0 Å². The van der Waals surface area contributed by atoms with E-state index < -0.39 is 5.97 Å². The first-order chi connectivity index (χ1) is 7.15. The molecule has 1 aliphatic carbocycles. The van der Waals surface area contributed by atoms with Crippen molar-refractivity contribution in [1.29, 1.82) is 0 Å². The Bertz CT molecular complexity index is 347. The van der Waals surface area contributed by atoms with E-state index in [4.69, 9.17) is 5.11 Å². The Kier molecular flexibility index (Phi) is 2.76. The van der Waals surface area contributed by atoms with Crippen molar-refractivity contribution >= 4 is 5.97 Å². The van der Waals surface area contributed by atoms with Crippen LogP contribution in [0.25, 0.3) is 0 Å². The zero-order valence-electron chi connectivity index (χ0n) is 8.94. The van der Waals surface area contributed by atoms with Crippen molar-refractivity contribution in [3.63, 3.8) is 0 Å². The first-order valence-electron chi connectivity index (χ1n) is 5.43. The fourth-order valence-electron chi connectivity index (χ4n) is 2.16. The van der Waals surface area contributed by atoms with Gasteiger partial charge in [-0.05, 0) is 37.7 Å². The van der Waals surface area contributed by atoms with Crippen molar-refractivity contribution < 1.29 is 9.90 Å². The molecule has 0 heterocycles. The molecular formula is C13H16O2. The van der Waals surface area contributed by atoms with E-state index in [0.29, 0.717) is 5.92 Å². The molecule has 1 N–H and O–H groups in total. The molecule has 1 aromatic carbocycles. The highest BCUT2D eigenvalue weighted by molar-refractivity contribution is 5.71. The Morgan fingerprint density at radius 3 is 2.47 bits per heavy atom. The zero-order chi connectivity index (χ0) is 10.8. The number of rotatable bonds is 3. The Hall–Kier alpha value is -1.31. The van der Waals surface area contributed by atoms with E-state index in [1.807, 2.05) is 0 Å². The second kappa shape index (κ2) is 4.05. The number of benzene rings is 1. The minimum Gasteiger partial charge on any atom is -0.481 e.